The number of carbonyl (C=O) groups is 4. The van der Waals surface area contributed by atoms with E-state index in [1.165, 1.54) is 0 Å². The van der Waals surface area contributed by atoms with Gasteiger partial charge in [0.1, 0.15) is 17.8 Å². The number of urea groups is 1. The van der Waals surface area contributed by atoms with Crippen molar-refractivity contribution in [1.29, 1.82) is 0 Å². The third-order valence-corrected chi connectivity index (χ3v) is 6.08. The molecule has 1 aromatic carbocycles. The zero-order chi connectivity index (χ0) is 22.4. The third kappa shape index (κ3) is 5.34. The van der Waals surface area contributed by atoms with Crippen molar-refractivity contribution in [2.45, 2.75) is 51.1 Å². The molecule has 1 aromatic rings. The van der Waals surface area contributed by atoms with Gasteiger partial charge < -0.3 is 20.1 Å². The molecule has 2 fully saturated rings. The molecule has 1 heterocycles. The fourth-order valence-electron chi connectivity index (χ4n) is 4.05. The molecule has 0 unspecified atom stereocenters. The summed E-state index contributed by atoms with van der Waals surface area (Å²) in [7, 11) is 1.57. The second-order valence-corrected chi connectivity index (χ2v) is 8.04. The number of methoxy groups -OCH3 is 1. The molecule has 31 heavy (non-hydrogen) atoms. The van der Waals surface area contributed by atoms with Crippen LogP contribution in [-0.4, -0.2) is 54.5 Å². The Morgan fingerprint density at radius 1 is 1.19 bits per heavy atom. The van der Waals surface area contributed by atoms with Crippen LogP contribution in [0.15, 0.2) is 24.3 Å². The van der Waals surface area contributed by atoms with E-state index in [1.54, 1.807) is 19.2 Å². The molecule has 168 valence electrons. The highest BCUT2D eigenvalue weighted by Gasteiger charge is 2.52. The summed E-state index contributed by atoms with van der Waals surface area (Å²) in [5.41, 5.74) is -0.0402. The summed E-state index contributed by atoms with van der Waals surface area (Å²) in [6.07, 6.45) is 3.95. The average molecular weight is 431 g/mol. The van der Waals surface area contributed by atoms with Crippen molar-refractivity contribution in [2.24, 2.45) is 5.92 Å². The van der Waals surface area contributed by atoms with Crippen molar-refractivity contribution in [3.63, 3.8) is 0 Å². The van der Waals surface area contributed by atoms with Crippen LogP contribution in [0.2, 0.25) is 0 Å². The number of nitrogens with one attached hydrogen (secondary N) is 2. The number of carbonyl (C=O) groups excluding carboxylic acids is 4. The third-order valence-electron chi connectivity index (χ3n) is 6.08. The normalized spacial score (nSPS) is 22.9. The first-order valence-electron chi connectivity index (χ1n) is 10.6. The van der Waals surface area contributed by atoms with Gasteiger partial charge in [-0.25, -0.2) is 4.79 Å². The quantitative estimate of drug-likeness (QED) is 0.479. The molecule has 2 aliphatic rings. The number of ether oxygens (including phenoxy) is 2. The number of hydrogen-bond acceptors (Lipinski definition) is 6. The van der Waals surface area contributed by atoms with Crippen LogP contribution in [0.5, 0.6) is 5.75 Å². The molecule has 9 nitrogen and oxygen atoms in total. The Balaban J connectivity index is 1.43. The van der Waals surface area contributed by atoms with E-state index < -0.39 is 36.6 Å². The first kappa shape index (κ1) is 22.6. The molecule has 2 N–H and O–H groups in total. The van der Waals surface area contributed by atoms with E-state index in [9.17, 15) is 19.2 Å². The molecule has 9 heteroatoms. The van der Waals surface area contributed by atoms with Crippen LogP contribution < -0.4 is 15.4 Å². The molecule has 1 spiro atoms. The molecule has 0 aromatic heterocycles. The van der Waals surface area contributed by atoms with Crippen LogP contribution >= 0.6 is 0 Å². The number of amides is 4. The summed E-state index contributed by atoms with van der Waals surface area (Å²) < 4.78 is 10.0. The zero-order valence-corrected chi connectivity index (χ0v) is 17.9. The van der Waals surface area contributed by atoms with Crippen LogP contribution in [-0.2, 0) is 25.7 Å². The van der Waals surface area contributed by atoms with Gasteiger partial charge in [0.15, 0.2) is 6.61 Å². The van der Waals surface area contributed by atoms with Crippen LogP contribution in [0.3, 0.4) is 0 Å². The topological polar surface area (TPSA) is 114 Å². The van der Waals surface area contributed by atoms with E-state index in [0.29, 0.717) is 24.5 Å². The average Bonchev–Trinajstić information content (AvgIpc) is 3.01. The second kappa shape index (κ2) is 9.80. The van der Waals surface area contributed by atoms with Crippen molar-refractivity contribution in [1.82, 2.24) is 15.5 Å². The summed E-state index contributed by atoms with van der Waals surface area (Å²) in [6.45, 7) is 1.40. The van der Waals surface area contributed by atoms with Crippen LogP contribution in [0.1, 0.15) is 44.6 Å². The maximum absolute atomic E-state index is 12.8. The maximum atomic E-state index is 12.8. The van der Waals surface area contributed by atoms with Gasteiger partial charge in [0.25, 0.3) is 11.8 Å². The molecule has 1 saturated carbocycles. The molecule has 4 amide bonds. The number of esters is 1. The van der Waals surface area contributed by atoms with Crippen molar-refractivity contribution >= 4 is 23.8 Å². The van der Waals surface area contributed by atoms with E-state index in [-0.39, 0.29) is 12.5 Å². The predicted octanol–water partition coefficient (Wildman–Crippen LogP) is 1.75. The van der Waals surface area contributed by atoms with Crippen LogP contribution in [0.4, 0.5) is 4.79 Å². The Morgan fingerprint density at radius 2 is 1.87 bits per heavy atom. The summed E-state index contributed by atoms with van der Waals surface area (Å²) in [5.74, 6) is -0.387. The first-order chi connectivity index (χ1) is 14.9. The monoisotopic (exact) mass is 431 g/mol. The fraction of sp³-hybridized carbons (Fsp3) is 0.545. The molecule has 1 aliphatic heterocycles. The van der Waals surface area contributed by atoms with Gasteiger partial charge in [0.2, 0.25) is 0 Å². The molecule has 3 rings (SSSR count). The Morgan fingerprint density at radius 3 is 2.48 bits per heavy atom. The number of nitrogens with zero attached hydrogens (tertiary/aromatic N) is 1. The Kier molecular flexibility index (Phi) is 7.14. The Bertz CT molecular complexity index is 830. The van der Waals surface area contributed by atoms with Crippen molar-refractivity contribution < 1.29 is 28.7 Å². The molecule has 0 radical (unpaired) electrons. The van der Waals surface area contributed by atoms with Gasteiger partial charge in [-0.15, -0.1) is 0 Å². The van der Waals surface area contributed by atoms with Gasteiger partial charge in [0.05, 0.1) is 7.11 Å². The molecule has 1 aliphatic carbocycles. The molecule has 0 atom stereocenters. The predicted molar refractivity (Wildman–Crippen MR) is 111 cm³/mol. The Hall–Kier alpha value is -3.10. The molecule has 0 bridgehead atoms. The number of imide groups is 1. The summed E-state index contributed by atoms with van der Waals surface area (Å²) in [5, 5.41) is 5.41. The minimum absolute atomic E-state index is 0.272. The minimum atomic E-state index is -0.904. The van der Waals surface area contributed by atoms with Gasteiger partial charge in [-0.2, -0.15) is 0 Å². The molecule has 1 saturated heterocycles. The number of rotatable bonds is 8. The lowest BCUT2D eigenvalue weighted by Gasteiger charge is -2.34. The van der Waals surface area contributed by atoms with Crippen molar-refractivity contribution in [3.8, 4) is 5.75 Å². The SMILES string of the molecule is CCC1CCC2(CC1)NC(=O)N(CC(=O)OCC(=O)NCc1ccc(OC)cc1)C2=O. The fourth-order valence-corrected chi connectivity index (χ4v) is 4.05. The van der Waals surface area contributed by atoms with Gasteiger partial charge in [0, 0.05) is 6.54 Å². The minimum Gasteiger partial charge on any atom is -0.497 e. The summed E-state index contributed by atoms with van der Waals surface area (Å²) in [4.78, 5) is 50.0. The first-order valence-corrected chi connectivity index (χ1v) is 10.6. The molecular weight excluding hydrogens is 402 g/mol. The smallest absolute Gasteiger partial charge is 0.326 e. The zero-order valence-electron chi connectivity index (χ0n) is 17.9. The van der Waals surface area contributed by atoms with Gasteiger partial charge in [-0.05, 0) is 49.3 Å². The number of hydrogen-bond donors (Lipinski definition) is 2. The van der Waals surface area contributed by atoms with E-state index in [2.05, 4.69) is 17.6 Å². The van der Waals surface area contributed by atoms with E-state index in [0.717, 1.165) is 29.7 Å². The largest absolute Gasteiger partial charge is 0.497 e. The highest BCUT2D eigenvalue weighted by atomic mass is 16.5. The van der Waals surface area contributed by atoms with E-state index >= 15 is 0 Å². The number of benzene rings is 1. The molecular formula is C22H29N3O6. The van der Waals surface area contributed by atoms with E-state index in [4.69, 9.17) is 9.47 Å². The Labute approximate surface area is 181 Å². The summed E-state index contributed by atoms with van der Waals surface area (Å²) >= 11 is 0. The lowest BCUT2D eigenvalue weighted by Crippen LogP contribution is -2.49. The maximum Gasteiger partial charge on any atom is 0.326 e. The van der Waals surface area contributed by atoms with E-state index in [1.807, 2.05) is 12.1 Å². The van der Waals surface area contributed by atoms with Gasteiger partial charge in [-0.3, -0.25) is 19.3 Å². The lowest BCUT2D eigenvalue weighted by atomic mass is 9.75. The second-order valence-electron chi connectivity index (χ2n) is 8.04. The highest BCUT2D eigenvalue weighted by molar-refractivity contribution is 6.08. The summed E-state index contributed by atoms with van der Waals surface area (Å²) in [6, 6.07) is 6.60. The van der Waals surface area contributed by atoms with Crippen molar-refractivity contribution in [2.75, 3.05) is 20.3 Å². The highest BCUT2D eigenvalue weighted by Crippen LogP contribution is 2.37. The van der Waals surface area contributed by atoms with Crippen LogP contribution in [0, 0.1) is 5.92 Å². The standard InChI is InChI=1S/C22H29N3O6/c1-3-15-8-10-22(11-9-15)20(28)25(21(29)24-22)13-19(27)31-14-18(26)23-12-16-4-6-17(30-2)7-5-16/h4-7,15H,3,8-14H2,1-2H3,(H,23,26)(H,24,29). The van der Waals surface area contributed by atoms with Crippen molar-refractivity contribution in [3.05, 3.63) is 29.8 Å². The lowest BCUT2D eigenvalue weighted by molar-refractivity contribution is -0.151. The van der Waals surface area contributed by atoms with Gasteiger partial charge >= 0.3 is 12.0 Å². The van der Waals surface area contributed by atoms with Crippen LogP contribution in [0.25, 0.3) is 0 Å². The van der Waals surface area contributed by atoms with Gasteiger partial charge in [-0.1, -0.05) is 25.5 Å².